The first-order chi connectivity index (χ1) is 18.1. The molecule has 0 bridgehead atoms. The standard InChI is InChI=1S/C33H33NO3/c35-32(33(36)37)34(22-24-10-3-1-4-11-24)23-31(26-12-5-2-6-13-26)28-20-18-27(19-21-28)30-17-9-15-25-14-7-8-16-29(25)30/h1,3-4,7-11,14-21,26,31H,2,5-6,12-13,22-23H2,(H,36,37). The van der Waals surface area contributed by atoms with Gasteiger partial charge in [-0.15, -0.1) is 0 Å². The van der Waals surface area contributed by atoms with Crippen LogP contribution in [0, 0.1) is 5.92 Å². The first-order valence-electron chi connectivity index (χ1n) is 13.2. The van der Waals surface area contributed by atoms with Gasteiger partial charge in [-0.3, -0.25) is 4.79 Å². The minimum absolute atomic E-state index is 0.0916. The second kappa shape index (κ2) is 11.4. The topological polar surface area (TPSA) is 57.6 Å². The summed E-state index contributed by atoms with van der Waals surface area (Å²) in [6.07, 6.45) is 5.82. The van der Waals surface area contributed by atoms with Crippen molar-refractivity contribution >= 4 is 22.6 Å². The van der Waals surface area contributed by atoms with Gasteiger partial charge in [0.1, 0.15) is 0 Å². The smallest absolute Gasteiger partial charge is 0.394 e. The van der Waals surface area contributed by atoms with Crippen molar-refractivity contribution in [1.29, 1.82) is 0 Å². The van der Waals surface area contributed by atoms with Gasteiger partial charge in [0.05, 0.1) is 0 Å². The SMILES string of the molecule is O=C(O)C(=O)N(Cc1ccccc1)CC(c1ccc(-c2cccc3ccccc23)cc1)C1CCCCC1. The Labute approximate surface area is 218 Å². The number of carboxylic acid groups (broad SMARTS) is 1. The summed E-state index contributed by atoms with van der Waals surface area (Å²) in [5, 5.41) is 12.0. The monoisotopic (exact) mass is 491 g/mol. The molecule has 4 aromatic rings. The Hall–Kier alpha value is -3.92. The molecule has 1 amide bonds. The van der Waals surface area contributed by atoms with Crippen LogP contribution in [0.25, 0.3) is 21.9 Å². The predicted octanol–water partition coefficient (Wildman–Crippen LogP) is 7.28. The van der Waals surface area contributed by atoms with Crippen LogP contribution in [-0.2, 0) is 16.1 Å². The molecule has 1 unspecified atom stereocenters. The summed E-state index contributed by atoms with van der Waals surface area (Å²) in [6.45, 7) is 0.696. The molecule has 0 radical (unpaired) electrons. The lowest BCUT2D eigenvalue weighted by Gasteiger charge is -2.34. The second-order valence-electron chi connectivity index (χ2n) is 10.1. The summed E-state index contributed by atoms with van der Waals surface area (Å²) in [5.74, 6) is -1.72. The third kappa shape index (κ3) is 5.75. The number of carbonyl (C=O) groups is 2. The number of fused-ring (bicyclic) bond motifs is 1. The van der Waals surface area contributed by atoms with Gasteiger partial charge in [0.15, 0.2) is 0 Å². The van der Waals surface area contributed by atoms with E-state index in [9.17, 15) is 14.7 Å². The van der Waals surface area contributed by atoms with Crippen molar-refractivity contribution in [3.05, 3.63) is 108 Å². The molecular weight excluding hydrogens is 458 g/mol. The van der Waals surface area contributed by atoms with Crippen molar-refractivity contribution in [3.8, 4) is 11.1 Å². The molecule has 37 heavy (non-hydrogen) atoms. The van der Waals surface area contributed by atoms with E-state index in [0.29, 0.717) is 19.0 Å². The molecule has 0 heterocycles. The van der Waals surface area contributed by atoms with E-state index in [2.05, 4.69) is 66.7 Å². The summed E-state index contributed by atoms with van der Waals surface area (Å²) in [6, 6.07) is 33.2. The fourth-order valence-corrected chi connectivity index (χ4v) is 5.85. The lowest BCUT2D eigenvalue weighted by molar-refractivity contribution is -0.156. The number of aliphatic carboxylic acids is 1. The van der Waals surface area contributed by atoms with E-state index >= 15 is 0 Å². The maximum Gasteiger partial charge on any atom is 0.394 e. The van der Waals surface area contributed by atoms with Gasteiger partial charge in [0, 0.05) is 19.0 Å². The molecule has 0 aromatic heterocycles. The molecule has 4 heteroatoms. The van der Waals surface area contributed by atoms with Crippen LogP contribution in [0.5, 0.6) is 0 Å². The van der Waals surface area contributed by atoms with Gasteiger partial charge >= 0.3 is 11.9 Å². The summed E-state index contributed by atoms with van der Waals surface area (Å²) in [5.41, 5.74) is 4.47. The lowest BCUT2D eigenvalue weighted by Crippen LogP contribution is -2.40. The Bertz CT molecular complexity index is 1350. The first kappa shape index (κ1) is 24.8. The highest BCUT2D eigenvalue weighted by Crippen LogP contribution is 2.38. The highest BCUT2D eigenvalue weighted by Gasteiger charge is 2.31. The minimum Gasteiger partial charge on any atom is -0.474 e. The van der Waals surface area contributed by atoms with Crippen molar-refractivity contribution < 1.29 is 14.7 Å². The highest BCUT2D eigenvalue weighted by molar-refractivity contribution is 6.31. The molecule has 4 nitrogen and oxygen atoms in total. The van der Waals surface area contributed by atoms with Gasteiger partial charge in [-0.1, -0.05) is 116 Å². The van der Waals surface area contributed by atoms with Crippen molar-refractivity contribution in [3.63, 3.8) is 0 Å². The number of hydrogen-bond acceptors (Lipinski definition) is 2. The van der Waals surface area contributed by atoms with E-state index in [4.69, 9.17) is 0 Å². The highest BCUT2D eigenvalue weighted by atomic mass is 16.4. The van der Waals surface area contributed by atoms with Crippen LogP contribution in [0.1, 0.15) is 49.1 Å². The molecule has 5 rings (SSSR count). The number of benzene rings is 4. The maximum atomic E-state index is 12.8. The number of hydrogen-bond donors (Lipinski definition) is 1. The van der Waals surface area contributed by atoms with Crippen LogP contribution in [-0.4, -0.2) is 28.4 Å². The molecule has 0 spiro atoms. The zero-order chi connectivity index (χ0) is 25.6. The molecule has 1 N–H and O–H groups in total. The van der Waals surface area contributed by atoms with Crippen molar-refractivity contribution in [2.24, 2.45) is 5.92 Å². The third-order valence-corrected chi connectivity index (χ3v) is 7.76. The minimum atomic E-state index is -1.40. The third-order valence-electron chi connectivity index (χ3n) is 7.76. The number of rotatable bonds is 7. The Morgan fingerprint density at radius 3 is 2.19 bits per heavy atom. The van der Waals surface area contributed by atoms with Gasteiger partial charge in [-0.25, -0.2) is 4.79 Å². The average molecular weight is 492 g/mol. The Kier molecular flexibility index (Phi) is 7.65. The fraction of sp³-hybridized carbons (Fsp3) is 0.273. The number of amides is 1. The van der Waals surface area contributed by atoms with Crippen LogP contribution in [0.15, 0.2) is 97.1 Å². The molecular formula is C33H33NO3. The van der Waals surface area contributed by atoms with Gasteiger partial charge in [-0.2, -0.15) is 0 Å². The molecule has 1 fully saturated rings. The van der Waals surface area contributed by atoms with Crippen molar-refractivity contribution in [2.45, 2.75) is 44.6 Å². The summed E-state index contributed by atoms with van der Waals surface area (Å²) in [4.78, 5) is 26.1. The molecule has 1 atom stereocenters. The average Bonchev–Trinajstić information content (AvgIpc) is 2.95. The molecule has 1 saturated carbocycles. The quantitative estimate of drug-likeness (QED) is 0.276. The Morgan fingerprint density at radius 2 is 1.46 bits per heavy atom. The second-order valence-corrected chi connectivity index (χ2v) is 10.1. The van der Waals surface area contributed by atoms with Gasteiger partial charge < -0.3 is 10.0 Å². The summed E-state index contributed by atoms with van der Waals surface area (Å²) in [7, 11) is 0. The number of carboxylic acids is 1. The number of nitrogens with zero attached hydrogens (tertiary/aromatic N) is 1. The maximum absolute atomic E-state index is 12.8. The van der Waals surface area contributed by atoms with Crippen LogP contribution in [0.4, 0.5) is 0 Å². The molecule has 188 valence electrons. The van der Waals surface area contributed by atoms with E-state index < -0.39 is 11.9 Å². The largest absolute Gasteiger partial charge is 0.474 e. The van der Waals surface area contributed by atoms with Crippen molar-refractivity contribution in [1.82, 2.24) is 4.90 Å². The molecule has 1 aliphatic carbocycles. The zero-order valence-electron chi connectivity index (χ0n) is 21.1. The molecule has 1 aliphatic rings. The zero-order valence-corrected chi connectivity index (χ0v) is 21.1. The van der Waals surface area contributed by atoms with Crippen LogP contribution >= 0.6 is 0 Å². The summed E-state index contributed by atoms with van der Waals surface area (Å²) >= 11 is 0. The predicted molar refractivity (Wildman–Crippen MR) is 148 cm³/mol. The van der Waals surface area contributed by atoms with E-state index in [-0.39, 0.29) is 5.92 Å². The number of carbonyl (C=O) groups excluding carboxylic acids is 1. The van der Waals surface area contributed by atoms with Gasteiger partial charge in [-0.05, 0) is 51.8 Å². The lowest BCUT2D eigenvalue weighted by atomic mass is 9.76. The van der Waals surface area contributed by atoms with E-state index in [1.807, 2.05) is 30.3 Å². The molecule has 0 aliphatic heterocycles. The van der Waals surface area contributed by atoms with Crippen LogP contribution in [0.3, 0.4) is 0 Å². The summed E-state index contributed by atoms with van der Waals surface area (Å²) < 4.78 is 0. The van der Waals surface area contributed by atoms with Crippen LogP contribution in [0.2, 0.25) is 0 Å². The van der Waals surface area contributed by atoms with Gasteiger partial charge in [0.25, 0.3) is 0 Å². The Morgan fingerprint density at radius 1 is 0.784 bits per heavy atom. The first-order valence-corrected chi connectivity index (χ1v) is 13.2. The van der Waals surface area contributed by atoms with Crippen molar-refractivity contribution in [2.75, 3.05) is 6.54 Å². The van der Waals surface area contributed by atoms with Gasteiger partial charge in [0.2, 0.25) is 0 Å². The fourth-order valence-electron chi connectivity index (χ4n) is 5.85. The normalized spacial score (nSPS) is 14.8. The van der Waals surface area contributed by atoms with E-state index in [0.717, 1.165) is 24.0 Å². The Balaban J connectivity index is 1.47. The van der Waals surface area contributed by atoms with E-state index in [1.54, 1.807) is 0 Å². The van der Waals surface area contributed by atoms with E-state index in [1.165, 1.54) is 46.1 Å². The molecule has 4 aromatic carbocycles. The van der Waals surface area contributed by atoms with Crippen LogP contribution < -0.4 is 0 Å². The molecule has 0 saturated heterocycles.